The van der Waals surface area contributed by atoms with E-state index in [0.717, 1.165) is 19.3 Å². The molecule has 1 aromatic rings. The van der Waals surface area contributed by atoms with Gasteiger partial charge in [-0.15, -0.1) is 0 Å². The van der Waals surface area contributed by atoms with Crippen molar-refractivity contribution in [3.05, 3.63) is 23.8 Å². The van der Waals surface area contributed by atoms with Crippen LogP contribution in [0.4, 0.5) is 20.2 Å². The quantitative estimate of drug-likeness (QED) is 0.819. The summed E-state index contributed by atoms with van der Waals surface area (Å²) in [5, 5.41) is 2.34. The number of rotatable bonds is 6. The zero-order chi connectivity index (χ0) is 15.9. The Bertz CT molecular complexity index is 494. The Morgan fingerprint density at radius 3 is 2.45 bits per heavy atom. The van der Waals surface area contributed by atoms with Crippen molar-refractivity contribution in [2.24, 2.45) is 0 Å². The number of carbonyl (C=O) groups is 1. The van der Waals surface area contributed by atoms with Gasteiger partial charge in [0.2, 0.25) is 5.91 Å². The number of benzene rings is 1. The average molecular weight is 312 g/mol. The second-order valence-corrected chi connectivity index (χ2v) is 5.39. The molecule has 0 saturated carbocycles. The molecule has 1 amide bonds. The molecule has 0 unspecified atom stereocenters. The molecule has 1 saturated heterocycles. The predicted octanol–water partition coefficient (Wildman–Crippen LogP) is 3.32. The normalized spacial score (nSPS) is 15.0. The Balaban J connectivity index is 2.04. The Hall–Kier alpha value is -1.69. The molecule has 122 valence electrons. The molecular weight excluding hydrogens is 290 g/mol. The van der Waals surface area contributed by atoms with Gasteiger partial charge >= 0.3 is 0 Å². The largest absolute Gasteiger partial charge is 0.378 e. The van der Waals surface area contributed by atoms with E-state index in [-0.39, 0.29) is 18.0 Å². The molecule has 0 spiro atoms. The van der Waals surface area contributed by atoms with Crippen LogP contribution in [0.25, 0.3) is 0 Å². The molecule has 0 aliphatic carbocycles. The first kappa shape index (κ1) is 16.7. The number of morpholine rings is 1. The molecule has 0 radical (unpaired) electrons. The van der Waals surface area contributed by atoms with Crippen molar-refractivity contribution in [3.63, 3.8) is 0 Å². The molecule has 1 heterocycles. The minimum absolute atomic E-state index is 0.276. The molecule has 4 nitrogen and oxygen atoms in total. The van der Waals surface area contributed by atoms with Crippen LogP contribution in [0.5, 0.6) is 0 Å². The van der Waals surface area contributed by atoms with Crippen LogP contribution in [0.3, 0.4) is 0 Å². The van der Waals surface area contributed by atoms with Gasteiger partial charge in [0.15, 0.2) is 11.6 Å². The van der Waals surface area contributed by atoms with E-state index in [1.807, 2.05) is 11.8 Å². The maximum Gasteiger partial charge on any atom is 0.224 e. The first-order valence-electron chi connectivity index (χ1n) is 7.73. The van der Waals surface area contributed by atoms with Crippen molar-refractivity contribution >= 4 is 17.3 Å². The number of halogens is 2. The topological polar surface area (TPSA) is 41.6 Å². The Morgan fingerprint density at radius 2 is 1.86 bits per heavy atom. The Kier molecular flexibility index (Phi) is 6.12. The molecule has 6 heteroatoms. The van der Waals surface area contributed by atoms with Gasteiger partial charge in [0.25, 0.3) is 0 Å². The first-order chi connectivity index (χ1) is 10.6. The molecular formula is C16H22F2N2O2. The summed E-state index contributed by atoms with van der Waals surface area (Å²) in [6.07, 6.45) is 2.91. The van der Waals surface area contributed by atoms with E-state index < -0.39 is 11.6 Å². The van der Waals surface area contributed by atoms with E-state index in [1.165, 1.54) is 12.1 Å². The van der Waals surface area contributed by atoms with Crippen LogP contribution in [0.15, 0.2) is 12.1 Å². The number of amides is 1. The molecule has 2 rings (SSSR count). The molecule has 0 atom stereocenters. The van der Waals surface area contributed by atoms with Gasteiger partial charge in [0.1, 0.15) is 5.69 Å². The van der Waals surface area contributed by atoms with Crippen LogP contribution >= 0.6 is 0 Å². The summed E-state index contributed by atoms with van der Waals surface area (Å²) in [4.78, 5) is 13.6. The highest BCUT2D eigenvalue weighted by atomic mass is 19.1. The van der Waals surface area contributed by atoms with Crippen molar-refractivity contribution < 1.29 is 18.3 Å². The van der Waals surface area contributed by atoms with Crippen LogP contribution in [0.1, 0.15) is 32.6 Å². The molecule has 1 fully saturated rings. The minimum Gasteiger partial charge on any atom is -0.378 e. The number of anilines is 2. The summed E-state index contributed by atoms with van der Waals surface area (Å²) in [6, 6.07) is 2.52. The fourth-order valence-corrected chi connectivity index (χ4v) is 2.42. The lowest BCUT2D eigenvalue weighted by Gasteiger charge is -2.29. The van der Waals surface area contributed by atoms with Gasteiger partial charge in [-0.2, -0.15) is 0 Å². The summed E-state index contributed by atoms with van der Waals surface area (Å²) in [5.41, 5.74) is 0.112. The van der Waals surface area contributed by atoms with Crippen molar-refractivity contribution in [1.82, 2.24) is 0 Å². The number of hydrogen-bond acceptors (Lipinski definition) is 3. The third-order valence-electron chi connectivity index (χ3n) is 3.67. The van der Waals surface area contributed by atoms with Gasteiger partial charge in [0.05, 0.1) is 13.2 Å². The number of ether oxygens (including phenoxy) is 1. The van der Waals surface area contributed by atoms with Crippen molar-refractivity contribution in [2.45, 2.75) is 32.6 Å². The Labute approximate surface area is 129 Å². The number of nitrogens with one attached hydrogen (secondary N) is 1. The molecule has 0 bridgehead atoms. The second kappa shape index (κ2) is 8.08. The standard InChI is InChI=1S/C16H22F2N2O2/c1-2-3-4-5-15(21)19-16-13(17)10-12(11-14(16)18)20-6-8-22-9-7-20/h10-11H,2-9H2,1H3,(H,19,21). The number of nitrogens with zero attached hydrogens (tertiary/aromatic N) is 1. The van der Waals surface area contributed by atoms with Gasteiger partial charge < -0.3 is 15.0 Å². The number of carbonyl (C=O) groups excluding carboxylic acids is 1. The molecule has 22 heavy (non-hydrogen) atoms. The van der Waals surface area contributed by atoms with E-state index in [2.05, 4.69) is 5.32 Å². The Morgan fingerprint density at radius 1 is 1.23 bits per heavy atom. The van der Waals surface area contributed by atoms with Crippen LogP contribution < -0.4 is 10.2 Å². The van der Waals surface area contributed by atoms with Crippen molar-refractivity contribution in [3.8, 4) is 0 Å². The summed E-state index contributed by atoms with van der Waals surface area (Å²) in [7, 11) is 0. The fraction of sp³-hybridized carbons (Fsp3) is 0.562. The van der Waals surface area contributed by atoms with Crippen LogP contribution in [-0.4, -0.2) is 32.2 Å². The lowest BCUT2D eigenvalue weighted by atomic mass is 10.2. The van der Waals surface area contributed by atoms with E-state index in [4.69, 9.17) is 4.74 Å². The minimum atomic E-state index is -0.745. The second-order valence-electron chi connectivity index (χ2n) is 5.39. The summed E-state index contributed by atoms with van der Waals surface area (Å²) < 4.78 is 33.4. The average Bonchev–Trinajstić information content (AvgIpc) is 2.52. The SMILES string of the molecule is CCCCCC(=O)Nc1c(F)cc(N2CCOCC2)cc1F. The molecule has 1 aliphatic heterocycles. The lowest BCUT2D eigenvalue weighted by molar-refractivity contribution is -0.116. The predicted molar refractivity (Wildman–Crippen MR) is 82.2 cm³/mol. The van der Waals surface area contributed by atoms with Gasteiger partial charge in [-0.25, -0.2) is 8.78 Å². The number of hydrogen-bond donors (Lipinski definition) is 1. The molecule has 1 N–H and O–H groups in total. The van der Waals surface area contributed by atoms with E-state index in [9.17, 15) is 13.6 Å². The number of unbranched alkanes of at least 4 members (excludes halogenated alkanes) is 2. The molecule has 0 aromatic heterocycles. The fourth-order valence-electron chi connectivity index (χ4n) is 2.42. The highest BCUT2D eigenvalue weighted by Gasteiger charge is 2.18. The van der Waals surface area contributed by atoms with Gasteiger partial charge in [-0.3, -0.25) is 4.79 Å². The van der Waals surface area contributed by atoms with Crippen molar-refractivity contribution in [2.75, 3.05) is 36.5 Å². The van der Waals surface area contributed by atoms with E-state index in [1.54, 1.807) is 0 Å². The maximum atomic E-state index is 14.1. The van der Waals surface area contributed by atoms with Crippen molar-refractivity contribution in [1.29, 1.82) is 0 Å². The summed E-state index contributed by atoms with van der Waals surface area (Å²) >= 11 is 0. The van der Waals surface area contributed by atoms with E-state index >= 15 is 0 Å². The van der Waals surface area contributed by atoms with Gasteiger partial charge in [0, 0.05) is 25.2 Å². The summed E-state index contributed by atoms with van der Waals surface area (Å²) in [5.74, 6) is -1.85. The highest BCUT2D eigenvalue weighted by molar-refractivity contribution is 5.91. The smallest absolute Gasteiger partial charge is 0.224 e. The van der Waals surface area contributed by atoms with Crippen LogP contribution in [0.2, 0.25) is 0 Å². The third kappa shape index (κ3) is 4.40. The van der Waals surface area contributed by atoms with E-state index in [0.29, 0.717) is 32.0 Å². The lowest BCUT2D eigenvalue weighted by Crippen LogP contribution is -2.36. The third-order valence-corrected chi connectivity index (χ3v) is 3.67. The molecule has 1 aliphatic rings. The maximum absolute atomic E-state index is 14.1. The highest BCUT2D eigenvalue weighted by Crippen LogP contribution is 2.26. The zero-order valence-electron chi connectivity index (χ0n) is 12.8. The zero-order valence-corrected chi connectivity index (χ0v) is 12.8. The van der Waals surface area contributed by atoms with Crippen LogP contribution in [-0.2, 0) is 9.53 Å². The monoisotopic (exact) mass is 312 g/mol. The summed E-state index contributed by atoms with van der Waals surface area (Å²) in [6.45, 7) is 4.31. The molecule has 1 aromatic carbocycles. The van der Waals surface area contributed by atoms with Crippen LogP contribution in [0, 0.1) is 11.6 Å². The first-order valence-corrected chi connectivity index (χ1v) is 7.73. The van der Waals surface area contributed by atoms with Gasteiger partial charge in [-0.1, -0.05) is 19.8 Å². The van der Waals surface area contributed by atoms with Gasteiger partial charge in [-0.05, 0) is 18.6 Å².